The molecule has 0 aliphatic rings. The highest BCUT2D eigenvalue weighted by atomic mass is 32.1. The molecule has 0 bridgehead atoms. The first-order chi connectivity index (χ1) is 7.65. The van der Waals surface area contributed by atoms with Crippen LogP contribution in [0.4, 0.5) is 10.1 Å². The number of anilines is 1. The van der Waals surface area contributed by atoms with Crippen LogP contribution in [0.5, 0.6) is 0 Å². The topological polar surface area (TPSA) is 38.0 Å². The van der Waals surface area contributed by atoms with Crippen LogP contribution in [0.15, 0.2) is 18.2 Å². The molecule has 1 rings (SSSR count). The molecule has 0 saturated heterocycles. The fraction of sp³-hybridized carbons (Fsp3) is 0.417. The SMILES string of the molecule is CCCCCNc1ccc(F)cc1C(N)=S. The molecule has 2 nitrogen and oxygen atoms in total. The summed E-state index contributed by atoms with van der Waals surface area (Å²) in [5, 5.41) is 3.22. The highest BCUT2D eigenvalue weighted by Gasteiger charge is 2.05. The summed E-state index contributed by atoms with van der Waals surface area (Å²) in [4.78, 5) is 0.220. The summed E-state index contributed by atoms with van der Waals surface area (Å²) < 4.78 is 13.0. The second-order valence-corrected chi connectivity index (χ2v) is 4.13. The van der Waals surface area contributed by atoms with E-state index in [1.165, 1.54) is 25.0 Å². The third-order valence-electron chi connectivity index (χ3n) is 2.34. The molecule has 1 aromatic rings. The second kappa shape index (κ2) is 6.43. The number of unbranched alkanes of at least 4 members (excludes halogenated alkanes) is 2. The Morgan fingerprint density at radius 2 is 2.19 bits per heavy atom. The Morgan fingerprint density at radius 3 is 2.81 bits per heavy atom. The zero-order chi connectivity index (χ0) is 12.0. The van der Waals surface area contributed by atoms with E-state index in [9.17, 15) is 4.39 Å². The molecule has 0 atom stereocenters. The van der Waals surface area contributed by atoms with Crippen molar-refractivity contribution in [3.05, 3.63) is 29.6 Å². The lowest BCUT2D eigenvalue weighted by Crippen LogP contribution is -2.14. The number of nitrogens with one attached hydrogen (secondary N) is 1. The van der Waals surface area contributed by atoms with Crippen LogP contribution in [0, 0.1) is 5.82 Å². The van der Waals surface area contributed by atoms with Gasteiger partial charge in [0.15, 0.2) is 0 Å². The fourth-order valence-corrected chi connectivity index (χ4v) is 1.64. The van der Waals surface area contributed by atoms with Gasteiger partial charge in [0.25, 0.3) is 0 Å². The number of thiocarbonyl (C=S) groups is 1. The quantitative estimate of drug-likeness (QED) is 0.593. The van der Waals surface area contributed by atoms with Crippen LogP contribution >= 0.6 is 12.2 Å². The first-order valence-electron chi connectivity index (χ1n) is 5.48. The molecule has 0 fully saturated rings. The number of hydrogen-bond acceptors (Lipinski definition) is 2. The number of nitrogens with two attached hydrogens (primary N) is 1. The summed E-state index contributed by atoms with van der Waals surface area (Å²) in [5.74, 6) is -0.318. The van der Waals surface area contributed by atoms with Crippen molar-refractivity contribution in [3.63, 3.8) is 0 Å². The molecule has 0 aliphatic heterocycles. The van der Waals surface area contributed by atoms with Gasteiger partial charge in [0.05, 0.1) is 0 Å². The van der Waals surface area contributed by atoms with Gasteiger partial charge in [-0.25, -0.2) is 4.39 Å². The molecule has 0 radical (unpaired) electrons. The van der Waals surface area contributed by atoms with Crippen molar-refractivity contribution < 1.29 is 4.39 Å². The van der Waals surface area contributed by atoms with Gasteiger partial charge in [-0.1, -0.05) is 32.0 Å². The molecule has 0 saturated carbocycles. The molecule has 0 unspecified atom stereocenters. The van der Waals surface area contributed by atoms with Crippen molar-refractivity contribution in [1.29, 1.82) is 0 Å². The first kappa shape index (κ1) is 12.9. The average molecular weight is 240 g/mol. The molecule has 0 spiro atoms. The zero-order valence-corrected chi connectivity index (χ0v) is 10.2. The van der Waals surface area contributed by atoms with Gasteiger partial charge in [-0.2, -0.15) is 0 Å². The van der Waals surface area contributed by atoms with Crippen molar-refractivity contribution in [2.24, 2.45) is 5.73 Å². The van der Waals surface area contributed by atoms with E-state index in [0.29, 0.717) is 5.56 Å². The summed E-state index contributed by atoms with van der Waals surface area (Å²) in [6.45, 7) is 3.01. The minimum Gasteiger partial charge on any atom is -0.389 e. The van der Waals surface area contributed by atoms with E-state index in [2.05, 4.69) is 12.2 Å². The number of benzene rings is 1. The summed E-state index contributed by atoms with van der Waals surface area (Å²) in [6.07, 6.45) is 3.44. The largest absolute Gasteiger partial charge is 0.389 e. The van der Waals surface area contributed by atoms with E-state index in [1.807, 2.05) is 0 Å². The summed E-state index contributed by atoms with van der Waals surface area (Å²) >= 11 is 4.88. The van der Waals surface area contributed by atoms with Crippen LogP contribution in [-0.2, 0) is 0 Å². The Bertz CT molecular complexity index is 366. The van der Waals surface area contributed by atoms with Crippen molar-refractivity contribution in [2.75, 3.05) is 11.9 Å². The molecule has 0 heterocycles. The molecule has 16 heavy (non-hydrogen) atoms. The average Bonchev–Trinajstić information content (AvgIpc) is 2.26. The van der Waals surface area contributed by atoms with Crippen LogP contribution in [-0.4, -0.2) is 11.5 Å². The monoisotopic (exact) mass is 240 g/mol. The molecular formula is C12H17FN2S. The van der Waals surface area contributed by atoms with Crippen molar-refractivity contribution in [2.45, 2.75) is 26.2 Å². The van der Waals surface area contributed by atoms with E-state index in [1.54, 1.807) is 6.07 Å². The lowest BCUT2D eigenvalue weighted by Gasteiger charge is -2.10. The van der Waals surface area contributed by atoms with Crippen LogP contribution < -0.4 is 11.1 Å². The molecule has 0 amide bonds. The van der Waals surface area contributed by atoms with E-state index >= 15 is 0 Å². The highest BCUT2D eigenvalue weighted by Crippen LogP contribution is 2.17. The predicted octanol–water partition coefficient (Wildman–Crippen LogP) is 3.06. The number of halogens is 1. The van der Waals surface area contributed by atoms with Crippen LogP contribution in [0.3, 0.4) is 0 Å². The van der Waals surface area contributed by atoms with Crippen molar-refractivity contribution in [1.82, 2.24) is 0 Å². The summed E-state index contributed by atoms with van der Waals surface area (Å²) in [7, 11) is 0. The Kier molecular flexibility index (Phi) is 5.19. The first-order valence-corrected chi connectivity index (χ1v) is 5.89. The molecule has 3 N–H and O–H groups in total. The minimum absolute atomic E-state index is 0.220. The van der Waals surface area contributed by atoms with Gasteiger partial charge in [-0.3, -0.25) is 0 Å². The Labute approximate surface area is 101 Å². The van der Waals surface area contributed by atoms with Gasteiger partial charge in [0, 0.05) is 17.8 Å². The Morgan fingerprint density at radius 1 is 1.44 bits per heavy atom. The Balaban J connectivity index is 2.67. The third-order valence-corrected chi connectivity index (χ3v) is 2.56. The van der Waals surface area contributed by atoms with Crippen molar-refractivity contribution >= 4 is 22.9 Å². The normalized spacial score (nSPS) is 10.1. The third kappa shape index (κ3) is 3.77. The smallest absolute Gasteiger partial charge is 0.124 e. The molecule has 1 aromatic carbocycles. The number of hydrogen-bond donors (Lipinski definition) is 2. The zero-order valence-electron chi connectivity index (χ0n) is 9.42. The molecule has 88 valence electrons. The maximum atomic E-state index is 13.0. The minimum atomic E-state index is -0.318. The van der Waals surface area contributed by atoms with E-state index in [-0.39, 0.29) is 10.8 Å². The van der Waals surface area contributed by atoms with E-state index in [4.69, 9.17) is 18.0 Å². The summed E-state index contributed by atoms with van der Waals surface area (Å²) in [6, 6.07) is 4.45. The lowest BCUT2D eigenvalue weighted by molar-refractivity contribution is 0.627. The maximum absolute atomic E-state index is 13.0. The maximum Gasteiger partial charge on any atom is 0.124 e. The predicted molar refractivity (Wildman–Crippen MR) is 70.3 cm³/mol. The number of rotatable bonds is 6. The summed E-state index contributed by atoms with van der Waals surface area (Å²) in [5.41, 5.74) is 6.92. The van der Waals surface area contributed by atoms with Crippen LogP contribution in [0.25, 0.3) is 0 Å². The highest BCUT2D eigenvalue weighted by molar-refractivity contribution is 7.80. The van der Waals surface area contributed by atoms with Gasteiger partial charge >= 0.3 is 0 Å². The van der Waals surface area contributed by atoms with Crippen LogP contribution in [0.1, 0.15) is 31.7 Å². The standard InChI is InChI=1S/C12H17FN2S/c1-2-3-4-7-15-11-6-5-9(13)8-10(11)12(14)16/h5-6,8,15H,2-4,7H2,1H3,(H2,14,16). The van der Waals surface area contributed by atoms with Gasteiger partial charge < -0.3 is 11.1 Å². The van der Waals surface area contributed by atoms with Gasteiger partial charge in [-0.05, 0) is 24.6 Å². The molecule has 4 heteroatoms. The second-order valence-electron chi connectivity index (χ2n) is 3.69. The lowest BCUT2D eigenvalue weighted by atomic mass is 10.1. The van der Waals surface area contributed by atoms with E-state index < -0.39 is 0 Å². The van der Waals surface area contributed by atoms with E-state index in [0.717, 1.165) is 18.7 Å². The fourth-order valence-electron chi connectivity index (χ4n) is 1.47. The van der Waals surface area contributed by atoms with Gasteiger partial charge in [0.2, 0.25) is 0 Å². The molecular weight excluding hydrogens is 223 g/mol. The van der Waals surface area contributed by atoms with Gasteiger partial charge in [0.1, 0.15) is 10.8 Å². The molecule has 0 aromatic heterocycles. The molecule has 0 aliphatic carbocycles. The van der Waals surface area contributed by atoms with Gasteiger partial charge in [-0.15, -0.1) is 0 Å². The van der Waals surface area contributed by atoms with Crippen molar-refractivity contribution in [3.8, 4) is 0 Å². The Hall–Kier alpha value is -1.16. The van der Waals surface area contributed by atoms with Crippen LogP contribution in [0.2, 0.25) is 0 Å².